The summed E-state index contributed by atoms with van der Waals surface area (Å²) >= 11 is 0. The molecule has 2 aromatic rings. The van der Waals surface area contributed by atoms with E-state index in [9.17, 15) is 0 Å². The number of pyridine rings is 1. The van der Waals surface area contributed by atoms with Crippen molar-refractivity contribution in [3.8, 4) is 0 Å². The molecule has 0 bridgehead atoms. The molecule has 3 heteroatoms. The fraction of sp³-hybridized carbons (Fsp3) is 0.471. The molecule has 0 spiro atoms. The Kier molecular flexibility index (Phi) is 3.28. The monoisotopic (exact) mass is 269 g/mol. The number of nitrogen functional groups attached to an aromatic ring is 1. The first-order chi connectivity index (χ1) is 9.69. The van der Waals surface area contributed by atoms with Gasteiger partial charge in [-0.05, 0) is 48.9 Å². The normalized spacial score (nSPS) is 17.8. The van der Waals surface area contributed by atoms with Gasteiger partial charge in [-0.3, -0.25) is 4.98 Å². The lowest BCUT2D eigenvalue weighted by Crippen LogP contribution is -2.26. The number of benzene rings is 1. The van der Waals surface area contributed by atoms with Crippen molar-refractivity contribution in [1.82, 2.24) is 4.98 Å². The van der Waals surface area contributed by atoms with E-state index in [1.54, 1.807) is 0 Å². The van der Waals surface area contributed by atoms with Gasteiger partial charge in [0.25, 0.3) is 0 Å². The summed E-state index contributed by atoms with van der Waals surface area (Å²) in [4.78, 5) is 6.83. The molecule has 1 aromatic heterocycles. The number of aromatic nitrogens is 1. The quantitative estimate of drug-likeness (QED) is 0.861. The van der Waals surface area contributed by atoms with Gasteiger partial charge in [0.2, 0.25) is 0 Å². The Balaban J connectivity index is 1.98. The highest BCUT2D eigenvalue weighted by Crippen LogP contribution is 2.41. The van der Waals surface area contributed by atoms with Gasteiger partial charge in [0, 0.05) is 24.7 Å². The first-order valence-electron chi connectivity index (χ1n) is 7.57. The van der Waals surface area contributed by atoms with Gasteiger partial charge in [0.15, 0.2) is 0 Å². The van der Waals surface area contributed by atoms with Crippen molar-refractivity contribution in [3.63, 3.8) is 0 Å². The zero-order valence-electron chi connectivity index (χ0n) is 12.4. The number of nitrogens with zero attached hydrogens (tertiary/aromatic N) is 2. The average Bonchev–Trinajstić information content (AvgIpc) is 2.93. The van der Waals surface area contributed by atoms with Gasteiger partial charge in [-0.1, -0.05) is 13.8 Å². The van der Waals surface area contributed by atoms with E-state index in [-0.39, 0.29) is 0 Å². The van der Waals surface area contributed by atoms with Crippen LogP contribution in [0.2, 0.25) is 0 Å². The molecule has 0 aliphatic carbocycles. The third-order valence-electron chi connectivity index (χ3n) is 5.08. The van der Waals surface area contributed by atoms with E-state index in [1.807, 2.05) is 12.3 Å². The Hall–Kier alpha value is -1.77. The molecule has 1 aromatic carbocycles. The van der Waals surface area contributed by atoms with Crippen molar-refractivity contribution in [2.75, 3.05) is 23.7 Å². The summed E-state index contributed by atoms with van der Waals surface area (Å²) in [6.07, 6.45) is 5.57. The van der Waals surface area contributed by atoms with Gasteiger partial charge in [-0.25, -0.2) is 0 Å². The summed E-state index contributed by atoms with van der Waals surface area (Å²) in [5.41, 5.74) is 9.88. The molecule has 2 N–H and O–H groups in total. The van der Waals surface area contributed by atoms with Crippen molar-refractivity contribution in [2.45, 2.75) is 33.1 Å². The van der Waals surface area contributed by atoms with E-state index in [4.69, 9.17) is 5.73 Å². The van der Waals surface area contributed by atoms with Crippen molar-refractivity contribution >= 4 is 22.3 Å². The molecule has 3 nitrogen and oxygen atoms in total. The minimum absolute atomic E-state index is 0.469. The van der Waals surface area contributed by atoms with Crippen molar-refractivity contribution in [1.29, 1.82) is 0 Å². The molecule has 20 heavy (non-hydrogen) atoms. The van der Waals surface area contributed by atoms with Crippen LogP contribution in [0.5, 0.6) is 0 Å². The lowest BCUT2D eigenvalue weighted by molar-refractivity contribution is 0.301. The van der Waals surface area contributed by atoms with Crippen LogP contribution >= 0.6 is 0 Å². The van der Waals surface area contributed by atoms with Crippen LogP contribution in [-0.4, -0.2) is 18.1 Å². The first-order valence-corrected chi connectivity index (χ1v) is 7.57. The summed E-state index contributed by atoms with van der Waals surface area (Å²) in [6, 6.07) is 8.23. The van der Waals surface area contributed by atoms with Crippen LogP contribution in [0.3, 0.4) is 0 Å². The van der Waals surface area contributed by atoms with Crippen LogP contribution in [0, 0.1) is 5.41 Å². The molecule has 0 atom stereocenters. The molecule has 1 aliphatic rings. The summed E-state index contributed by atoms with van der Waals surface area (Å²) in [7, 11) is 0. The molecular formula is C17H23N3. The maximum absolute atomic E-state index is 6.39. The predicted molar refractivity (Wildman–Crippen MR) is 86.0 cm³/mol. The number of hydrogen-bond donors (Lipinski definition) is 1. The third-order valence-corrected chi connectivity index (χ3v) is 5.08. The van der Waals surface area contributed by atoms with Gasteiger partial charge in [-0.2, -0.15) is 0 Å². The molecule has 1 fully saturated rings. The second kappa shape index (κ2) is 4.97. The second-order valence-electron chi connectivity index (χ2n) is 5.95. The van der Waals surface area contributed by atoms with Crippen molar-refractivity contribution in [2.24, 2.45) is 5.41 Å². The summed E-state index contributed by atoms with van der Waals surface area (Å²) < 4.78 is 0. The second-order valence-corrected chi connectivity index (χ2v) is 5.95. The number of anilines is 2. The highest BCUT2D eigenvalue weighted by Gasteiger charge is 2.35. The molecule has 1 aliphatic heterocycles. The lowest BCUT2D eigenvalue weighted by atomic mass is 9.82. The predicted octanol–water partition coefficient (Wildman–Crippen LogP) is 3.83. The Morgan fingerprint density at radius 2 is 2.05 bits per heavy atom. The number of fused-ring (bicyclic) bond motifs is 1. The van der Waals surface area contributed by atoms with E-state index >= 15 is 0 Å². The van der Waals surface area contributed by atoms with Crippen LogP contribution in [0.1, 0.15) is 33.1 Å². The van der Waals surface area contributed by atoms with E-state index in [2.05, 4.69) is 41.9 Å². The smallest absolute Gasteiger partial charge is 0.0724 e. The van der Waals surface area contributed by atoms with Gasteiger partial charge >= 0.3 is 0 Å². The lowest BCUT2D eigenvalue weighted by Gasteiger charge is -2.28. The fourth-order valence-electron chi connectivity index (χ4n) is 3.41. The molecule has 106 valence electrons. The summed E-state index contributed by atoms with van der Waals surface area (Å²) in [6.45, 7) is 6.84. The molecular weight excluding hydrogens is 246 g/mol. The molecule has 0 saturated carbocycles. The van der Waals surface area contributed by atoms with Crippen molar-refractivity contribution in [3.05, 3.63) is 30.5 Å². The fourth-order valence-corrected chi connectivity index (χ4v) is 3.41. The minimum Gasteiger partial charge on any atom is -0.396 e. The maximum atomic E-state index is 6.39. The van der Waals surface area contributed by atoms with Gasteiger partial charge in [0.05, 0.1) is 16.9 Å². The van der Waals surface area contributed by atoms with Crippen LogP contribution < -0.4 is 10.6 Å². The van der Waals surface area contributed by atoms with E-state index in [0.29, 0.717) is 5.41 Å². The Morgan fingerprint density at radius 3 is 2.75 bits per heavy atom. The molecule has 0 unspecified atom stereocenters. The number of hydrogen-bond acceptors (Lipinski definition) is 3. The maximum Gasteiger partial charge on any atom is 0.0724 e. The van der Waals surface area contributed by atoms with E-state index in [0.717, 1.165) is 29.7 Å². The summed E-state index contributed by atoms with van der Waals surface area (Å²) in [5.74, 6) is 0. The third kappa shape index (κ3) is 2.01. The molecule has 1 saturated heterocycles. The van der Waals surface area contributed by atoms with Crippen LogP contribution in [0.4, 0.5) is 11.4 Å². The average molecular weight is 269 g/mol. The zero-order chi connectivity index (χ0) is 14.2. The van der Waals surface area contributed by atoms with Gasteiger partial charge < -0.3 is 10.6 Å². The molecule has 0 amide bonds. The largest absolute Gasteiger partial charge is 0.396 e. The summed E-state index contributed by atoms with van der Waals surface area (Å²) in [5, 5.41) is 1.07. The van der Waals surface area contributed by atoms with E-state index in [1.165, 1.54) is 24.9 Å². The minimum atomic E-state index is 0.469. The highest BCUT2D eigenvalue weighted by molar-refractivity contribution is 5.97. The number of rotatable bonds is 3. The Morgan fingerprint density at radius 1 is 1.25 bits per heavy atom. The standard InChI is InChI=1S/C17H23N3/c1-3-17(4-2)9-11-20(12-17)15-8-7-14-13(16(15)18)6-5-10-19-14/h5-8,10H,3-4,9,11-12,18H2,1-2H3. The zero-order valence-corrected chi connectivity index (χ0v) is 12.4. The van der Waals surface area contributed by atoms with Crippen molar-refractivity contribution < 1.29 is 0 Å². The highest BCUT2D eigenvalue weighted by atomic mass is 15.2. The molecule has 2 heterocycles. The van der Waals surface area contributed by atoms with Crippen LogP contribution in [-0.2, 0) is 0 Å². The molecule has 0 radical (unpaired) electrons. The Bertz CT molecular complexity index is 617. The van der Waals surface area contributed by atoms with Gasteiger partial charge in [0.1, 0.15) is 0 Å². The SMILES string of the molecule is CCC1(CC)CCN(c2ccc3ncccc3c2N)C1. The van der Waals surface area contributed by atoms with Crippen LogP contribution in [0.25, 0.3) is 10.9 Å². The number of nitrogens with two attached hydrogens (primary N) is 1. The van der Waals surface area contributed by atoms with E-state index < -0.39 is 0 Å². The van der Waals surface area contributed by atoms with Crippen LogP contribution in [0.15, 0.2) is 30.5 Å². The van der Waals surface area contributed by atoms with Gasteiger partial charge in [-0.15, -0.1) is 0 Å². The topological polar surface area (TPSA) is 42.2 Å². The molecule has 3 rings (SSSR count). The Labute approximate surface area is 120 Å². The first kappa shape index (κ1) is 13.2.